The van der Waals surface area contributed by atoms with Gasteiger partial charge >= 0.3 is 0 Å². The average molecular weight is 159 g/mol. The molecule has 0 atom stereocenters. The van der Waals surface area contributed by atoms with Gasteiger partial charge in [0.05, 0.1) is 0 Å². The van der Waals surface area contributed by atoms with E-state index in [1.165, 1.54) is 31.7 Å². The van der Waals surface area contributed by atoms with Crippen molar-refractivity contribution in [2.75, 3.05) is 6.54 Å². The lowest BCUT2D eigenvalue weighted by molar-refractivity contribution is 0.672. The first kappa shape index (κ1) is 10.2. The van der Waals surface area contributed by atoms with Crippen molar-refractivity contribution in [3.8, 4) is 0 Å². The van der Waals surface area contributed by atoms with Crippen LogP contribution in [-0.2, 0) is 0 Å². The Morgan fingerprint density at radius 1 is 1.00 bits per heavy atom. The molecule has 10 heavy (non-hydrogen) atoms. The molecular formula is C8H21NSi. The first-order valence-corrected chi connectivity index (χ1v) is 7.60. The van der Waals surface area contributed by atoms with Gasteiger partial charge in [0, 0.05) is 8.80 Å². The van der Waals surface area contributed by atoms with E-state index in [-0.39, 0.29) is 8.80 Å². The van der Waals surface area contributed by atoms with Crippen molar-refractivity contribution in [3.63, 3.8) is 0 Å². The zero-order valence-electron chi connectivity index (χ0n) is 7.40. The predicted molar refractivity (Wildman–Crippen MR) is 51.2 cm³/mol. The Kier molecular flexibility index (Phi) is 7.41. The quantitative estimate of drug-likeness (QED) is 0.465. The van der Waals surface area contributed by atoms with Gasteiger partial charge in [0.15, 0.2) is 0 Å². The molecule has 1 nitrogen and oxygen atoms in total. The van der Waals surface area contributed by atoms with E-state index < -0.39 is 0 Å². The van der Waals surface area contributed by atoms with Crippen molar-refractivity contribution in [1.29, 1.82) is 0 Å². The van der Waals surface area contributed by atoms with E-state index in [2.05, 4.69) is 13.1 Å². The zero-order valence-corrected chi connectivity index (χ0v) is 8.55. The predicted octanol–water partition coefficient (Wildman–Crippen LogP) is 1.99. The van der Waals surface area contributed by atoms with Crippen LogP contribution in [0.2, 0.25) is 19.1 Å². The Morgan fingerprint density at radius 2 is 1.60 bits per heavy atom. The summed E-state index contributed by atoms with van der Waals surface area (Å²) in [5.74, 6) is 0. The summed E-state index contributed by atoms with van der Waals surface area (Å²) in [4.78, 5) is 0. The molecular weight excluding hydrogens is 138 g/mol. The largest absolute Gasteiger partial charge is 0.330 e. The second kappa shape index (κ2) is 7.29. The van der Waals surface area contributed by atoms with Gasteiger partial charge in [0.2, 0.25) is 0 Å². The molecule has 0 heterocycles. The molecule has 0 aromatic carbocycles. The van der Waals surface area contributed by atoms with E-state index >= 15 is 0 Å². The highest BCUT2D eigenvalue weighted by molar-refractivity contribution is 6.55. The molecule has 0 saturated carbocycles. The lowest BCUT2D eigenvalue weighted by atomic mass is 10.2. The zero-order chi connectivity index (χ0) is 7.82. The molecule has 0 amide bonds. The van der Waals surface area contributed by atoms with E-state index in [0.717, 1.165) is 6.54 Å². The van der Waals surface area contributed by atoms with Gasteiger partial charge in [0.1, 0.15) is 0 Å². The Bertz CT molecular complexity index is 64.3. The minimum absolute atomic E-state index is 0.253. The van der Waals surface area contributed by atoms with Crippen LogP contribution in [0.3, 0.4) is 0 Å². The third kappa shape index (κ3) is 8.18. The van der Waals surface area contributed by atoms with Crippen LogP contribution in [0.4, 0.5) is 0 Å². The Hall–Kier alpha value is 0.177. The smallest absolute Gasteiger partial charge is 0.0305 e. The molecule has 0 aliphatic carbocycles. The van der Waals surface area contributed by atoms with E-state index in [9.17, 15) is 0 Å². The maximum absolute atomic E-state index is 5.38. The molecule has 62 valence electrons. The van der Waals surface area contributed by atoms with Crippen molar-refractivity contribution in [1.82, 2.24) is 0 Å². The first-order chi connectivity index (χ1) is 4.77. The Morgan fingerprint density at radius 3 is 2.10 bits per heavy atom. The first-order valence-electron chi connectivity index (χ1n) is 4.47. The molecule has 0 aromatic rings. The molecule has 2 N–H and O–H groups in total. The maximum Gasteiger partial charge on any atom is 0.0305 e. The molecule has 0 bridgehead atoms. The fourth-order valence-corrected chi connectivity index (χ4v) is 2.16. The summed E-state index contributed by atoms with van der Waals surface area (Å²) in [5, 5.41) is 0. The third-order valence-corrected chi connectivity index (χ3v) is 3.30. The van der Waals surface area contributed by atoms with Gasteiger partial charge in [-0.2, -0.15) is 0 Å². The van der Waals surface area contributed by atoms with Crippen molar-refractivity contribution in [2.45, 2.75) is 44.8 Å². The van der Waals surface area contributed by atoms with E-state index in [1.54, 1.807) is 0 Å². The SMILES string of the molecule is C[SiH](C)CCCCCCN. The fraction of sp³-hybridized carbons (Fsp3) is 1.00. The van der Waals surface area contributed by atoms with Gasteiger partial charge in [-0.3, -0.25) is 0 Å². The van der Waals surface area contributed by atoms with Crippen LogP contribution in [-0.4, -0.2) is 15.3 Å². The lowest BCUT2D eigenvalue weighted by Gasteiger charge is -2.01. The summed E-state index contributed by atoms with van der Waals surface area (Å²) >= 11 is 0. The Labute approximate surface area is 66.6 Å². The lowest BCUT2D eigenvalue weighted by Crippen LogP contribution is -2.00. The molecule has 0 radical (unpaired) electrons. The highest BCUT2D eigenvalue weighted by Gasteiger charge is 1.94. The van der Waals surface area contributed by atoms with E-state index in [1.807, 2.05) is 0 Å². The summed E-state index contributed by atoms with van der Waals surface area (Å²) in [5.41, 5.74) is 5.38. The van der Waals surface area contributed by atoms with Crippen molar-refractivity contribution in [2.24, 2.45) is 5.73 Å². The van der Waals surface area contributed by atoms with Gasteiger partial charge in [-0.05, 0) is 13.0 Å². The number of unbranched alkanes of at least 4 members (excludes halogenated alkanes) is 3. The number of hydrogen-bond acceptors (Lipinski definition) is 1. The third-order valence-electron chi connectivity index (χ3n) is 1.74. The van der Waals surface area contributed by atoms with Crippen LogP contribution in [0, 0.1) is 0 Å². The van der Waals surface area contributed by atoms with E-state index in [0.29, 0.717) is 0 Å². The van der Waals surface area contributed by atoms with Gasteiger partial charge in [-0.25, -0.2) is 0 Å². The van der Waals surface area contributed by atoms with Crippen molar-refractivity contribution < 1.29 is 0 Å². The maximum atomic E-state index is 5.38. The molecule has 0 fully saturated rings. The molecule has 0 aliphatic rings. The van der Waals surface area contributed by atoms with E-state index in [4.69, 9.17) is 5.73 Å². The minimum Gasteiger partial charge on any atom is -0.330 e. The second-order valence-electron chi connectivity index (χ2n) is 3.39. The molecule has 0 spiro atoms. The average Bonchev–Trinajstić information content (AvgIpc) is 1.87. The minimum atomic E-state index is -0.253. The summed E-state index contributed by atoms with van der Waals surface area (Å²) in [7, 11) is -0.253. The Balaban J connectivity index is 2.77. The molecule has 0 unspecified atom stereocenters. The van der Waals surface area contributed by atoms with Gasteiger partial charge < -0.3 is 5.73 Å². The van der Waals surface area contributed by atoms with Gasteiger partial charge in [0.25, 0.3) is 0 Å². The summed E-state index contributed by atoms with van der Waals surface area (Å²) in [6, 6.07) is 1.52. The fourth-order valence-electron chi connectivity index (χ4n) is 1.05. The van der Waals surface area contributed by atoms with Crippen LogP contribution >= 0.6 is 0 Å². The summed E-state index contributed by atoms with van der Waals surface area (Å²) in [6.45, 7) is 5.71. The molecule has 0 aliphatic heterocycles. The van der Waals surface area contributed by atoms with Crippen LogP contribution in [0.1, 0.15) is 25.7 Å². The molecule has 0 saturated heterocycles. The summed E-state index contributed by atoms with van der Waals surface area (Å²) in [6.07, 6.45) is 5.42. The van der Waals surface area contributed by atoms with Gasteiger partial charge in [-0.1, -0.05) is 38.4 Å². The molecule has 0 rings (SSSR count). The summed E-state index contributed by atoms with van der Waals surface area (Å²) < 4.78 is 0. The van der Waals surface area contributed by atoms with Crippen molar-refractivity contribution in [3.05, 3.63) is 0 Å². The highest BCUT2D eigenvalue weighted by atomic mass is 28.3. The number of nitrogens with two attached hydrogens (primary N) is 1. The highest BCUT2D eigenvalue weighted by Crippen LogP contribution is 2.05. The normalized spacial score (nSPS) is 10.8. The standard InChI is InChI=1S/C8H21NSi/c1-10(2)8-6-4-3-5-7-9/h10H,3-9H2,1-2H3. The topological polar surface area (TPSA) is 26.0 Å². The number of hydrogen-bond donors (Lipinski definition) is 1. The molecule has 2 heteroatoms. The van der Waals surface area contributed by atoms with Crippen LogP contribution in [0.15, 0.2) is 0 Å². The second-order valence-corrected chi connectivity index (χ2v) is 6.75. The van der Waals surface area contributed by atoms with Crippen LogP contribution in [0.25, 0.3) is 0 Å². The number of rotatable bonds is 6. The van der Waals surface area contributed by atoms with Crippen molar-refractivity contribution >= 4 is 8.80 Å². The van der Waals surface area contributed by atoms with Crippen LogP contribution in [0.5, 0.6) is 0 Å². The molecule has 0 aromatic heterocycles. The van der Waals surface area contributed by atoms with Gasteiger partial charge in [-0.15, -0.1) is 0 Å². The monoisotopic (exact) mass is 159 g/mol. The van der Waals surface area contributed by atoms with Crippen LogP contribution < -0.4 is 5.73 Å².